The first-order chi connectivity index (χ1) is 9.45. The molecule has 0 fully saturated rings. The number of phenolic OH excluding ortho intramolecular Hbond substituents is 1. The van der Waals surface area contributed by atoms with Crippen molar-refractivity contribution in [3.05, 3.63) is 28.8 Å². The maximum absolute atomic E-state index is 11.7. The average molecular weight is 277 g/mol. The fourth-order valence-electron chi connectivity index (χ4n) is 3.13. The van der Waals surface area contributed by atoms with Gasteiger partial charge in [0.05, 0.1) is 6.61 Å². The standard InChI is InChI=1S/C16H23NO3/c1-5-20-16(19)11(4)17-12-8-10(3)14-9(2)6-7-13(18)15(12)14/h6-7,10-12,17-18H,5,8H2,1-4H3. The van der Waals surface area contributed by atoms with Gasteiger partial charge in [0.1, 0.15) is 11.8 Å². The average Bonchev–Trinajstić information content (AvgIpc) is 2.72. The van der Waals surface area contributed by atoms with E-state index in [1.807, 2.05) is 6.07 Å². The molecule has 1 aliphatic carbocycles. The minimum Gasteiger partial charge on any atom is -0.508 e. The number of aromatic hydroxyl groups is 1. The third-order valence-electron chi connectivity index (χ3n) is 4.00. The van der Waals surface area contributed by atoms with Crippen molar-refractivity contribution in [1.82, 2.24) is 5.32 Å². The van der Waals surface area contributed by atoms with Gasteiger partial charge in [-0.05, 0) is 50.3 Å². The Bertz CT molecular complexity index is 513. The second-order valence-corrected chi connectivity index (χ2v) is 5.56. The van der Waals surface area contributed by atoms with Crippen LogP contribution in [-0.2, 0) is 9.53 Å². The van der Waals surface area contributed by atoms with Gasteiger partial charge < -0.3 is 9.84 Å². The summed E-state index contributed by atoms with van der Waals surface area (Å²) in [6, 6.07) is 3.30. The van der Waals surface area contributed by atoms with Crippen molar-refractivity contribution >= 4 is 5.97 Å². The number of phenols is 1. The van der Waals surface area contributed by atoms with E-state index in [1.165, 1.54) is 11.1 Å². The zero-order chi connectivity index (χ0) is 14.9. The van der Waals surface area contributed by atoms with Gasteiger partial charge >= 0.3 is 5.97 Å². The van der Waals surface area contributed by atoms with Gasteiger partial charge in [0, 0.05) is 11.6 Å². The topological polar surface area (TPSA) is 58.6 Å². The molecular formula is C16H23NO3. The molecule has 4 nitrogen and oxygen atoms in total. The van der Waals surface area contributed by atoms with Crippen LogP contribution in [0.4, 0.5) is 0 Å². The Labute approximate surface area is 120 Å². The van der Waals surface area contributed by atoms with Gasteiger partial charge in [0.25, 0.3) is 0 Å². The van der Waals surface area contributed by atoms with Crippen molar-refractivity contribution in [2.45, 2.75) is 52.1 Å². The van der Waals surface area contributed by atoms with Crippen molar-refractivity contribution in [3.8, 4) is 5.75 Å². The number of carbonyl (C=O) groups excluding carboxylic acids is 1. The van der Waals surface area contributed by atoms with Gasteiger partial charge in [-0.1, -0.05) is 13.0 Å². The fraction of sp³-hybridized carbons (Fsp3) is 0.562. The van der Waals surface area contributed by atoms with E-state index in [9.17, 15) is 9.90 Å². The molecule has 0 saturated carbocycles. The van der Waals surface area contributed by atoms with E-state index in [0.29, 0.717) is 18.3 Å². The van der Waals surface area contributed by atoms with Gasteiger partial charge in [-0.15, -0.1) is 0 Å². The lowest BCUT2D eigenvalue weighted by atomic mass is 9.97. The number of rotatable bonds is 4. The SMILES string of the molecule is CCOC(=O)C(C)NC1CC(C)c2c(C)ccc(O)c21. The van der Waals surface area contributed by atoms with Crippen molar-refractivity contribution in [2.24, 2.45) is 0 Å². The van der Waals surface area contributed by atoms with Crippen molar-refractivity contribution in [1.29, 1.82) is 0 Å². The van der Waals surface area contributed by atoms with E-state index in [0.717, 1.165) is 12.0 Å². The Morgan fingerprint density at radius 2 is 2.20 bits per heavy atom. The highest BCUT2D eigenvalue weighted by Crippen LogP contribution is 2.46. The summed E-state index contributed by atoms with van der Waals surface area (Å²) in [4.78, 5) is 11.7. The zero-order valence-electron chi connectivity index (χ0n) is 12.6. The van der Waals surface area contributed by atoms with Gasteiger partial charge in [0.15, 0.2) is 0 Å². The highest BCUT2D eigenvalue weighted by atomic mass is 16.5. The number of benzene rings is 1. The molecule has 2 N–H and O–H groups in total. The summed E-state index contributed by atoms with van der Waals surface area (Å²) in [6.07, 6.45) is 0.886. The molecule has 0 aliphatic heterocycles. The van der Waals surface area contributed by atoms with E-state index in [2.05, 4.69) is 19.2 Å². The number of fused-ring (bicyclic) bond motifs is 1. The summed E-state index contributed by atoms with van der Waals surface area (Å²) < 4.78 is 5.02. The predicted octanol–water partition coefficient (Wildman–Crippen LogP) is 2.79. The predicted molar refractivity (Wildman–Crippen MR) is 77.8 cm³/mol. The van der Waals surface area contributed by atoms with E-state index < -0.39 is 0 Å². The lowest BCUT2D eigenvalue weighted by molar-refractivity contribution is -0.145. The van der Waals surface area contributed by atoms with Crippen LogP contribution >= 0.6 is 0 Å². The number of aryl methyl sites for hydroxylation is 1. The maximum atomic E-state index is 11.7. The lowest BCUT2D eigenvalue weighted by Crippen LogP contribution is -2.37. The van der Waals surface area contributed by atoms with Crippen LogP contribution in [0.3, 0.4) is 0 Å². The quantitative estimate of drug-likeness (QED) is 0.831. The fourth-order valence-corrected chi connectivity index (χ4v) is 3.13. The van der Waals surface area contributed by atoms with E-state index in [1.54, 1.807) is 19.9 Å². The minimum atomic E-state index is -0.377. The first-order valence-electron chi connectivity index (χ1n) is 7.20. The molecule has 0 spiro atoms. The van der Waals surface area contributed by atoms with Crippen LogP contribution in [0.15, 0.2) is 12.1 Å². The van der Waals surface area contributed by atoms with Crippen molar-refractivity contribution in [3.63, 3.8) is 0 Å². The molecule has 0 aromatic heterocycles. The van der Waals surface area contributed by atoms with Crippen LogP contribution in [0.5, 0.6) is 5.75 Å². The summed E-state index contributed by atoms with van der Waals surface area (Å²) in [7, 11) is 0. The monoisotopic (exact) mass is 277 g/mol. The number of nitrogens with one attached hydrogen (secondary N) is 1. The molecule has 1 aliphatic rings. The van der Waals surface area contributed by atoms with E-state index >= 15 is 0 Å². The molecule has 20 heavy (non-hydrogen) atoms. The number of ether oxygens (including phenoxy) is 1. The normalized spacial score (nSPS) is 22.4. The molecule has 1 aromatic carbocycles. The summed E-state index contributed by atoms with van der Waals surface area (Å²) in [5.74, 6) is 0.438. The number of esters is 1. The number of hydrogen-bond acceptors (Lipinski definition) is 4. The largest absolute Gasteiger partial charge is 0.508 e. The molecule has 0 amide bonds. The van der Waals surface area contributed by atoms with E-state index in [4.69, 9.17) is 4.74 Å². The Hall–Kier alpha value is -1.55. The molecule has 2 rings (SSSR count). The number of hydrogen-bond donors (Lipinski definition) is 2. The zero-order valence-corrected chi connectivity index (χ0v) is 12.6. The van der Waals surface area contributed by atoms with Crippen LogP contribution in [0.25, 0.3) is 0 Å². The molecule has 0 bridgehead atoms. The maximum Gasteiger partial charge on any atom is 0.322 e. The summed E-state index contributed by atoms with van der Waals surface area (Å²) in [5, 5.41) is 13.4. The van der Waals surface area contributed by atoms with Gasteiger partial charge in [-0.2, -0.15) is 0 Å². The van der Waals surface area contributed by atoms with Crippen LogP contribution in [-0.4, -0.2) is 23.7 Å². The van der Waals surface area contributed by atoms with Crippen molar-refractivity contribution < 1.29 is 14.6 Å². The minimum absolute atomic E-state index is 0.000642. The summed E-state index contributed by atoms with van der Waals surface area (Å²) in [6.45, 7) is 8.20. The van der Waals surface area contributed by atoms with Gasteiger partial charge in [-0.25, -0.2) is 0 Å². The first-order valence-corrected chi connectivity index (χ1v) is 7.20. The van der Waals surface area contributed by atoms with Gasteiger partial charge in [0.2, 0.25) is 0 Å². The van der Waals surface area contributed by atoms with E-state index in [-0.39, 0.29) is 18.1 Å². The highest BCUT2D eigenvalue weighted by Gasteiger charge is 2.33. The smallest absolute Gasteiger partial charge is 0.322 e. The molecular weight excluding hydrogens is 254 g/mol. The van der Waals surface area contributed by atoms with Crippen molar-refractivity contribution in [2.75, 3.05) is 6.61 Å². The Balaban J connectivity index is 2.22. The second-order valence-electron chi connectivity index (χ2n) is 5.56. The summed E-state index contributed by atoms with van der Waals surface area (Å²) >= 11 is 0. The molecule has 3 unspecified atom stereocenters. The molecule has 110 valence electrons. The second kappa shape index (κ2) is 5.83. The molecule has 4 heteroatoms. The Morgan fingerprint density at radius 3 is 2.85 bits per heavy atom. The summed E-state index contributed by atoms with van der Waals surface area (Å²) in [5.41, 5.74) is 3.34. The number of carbonyl (C=O) groups is 1. The molecule has 0 radical (unpaired) electrons. The Morgan fingerprint density at radius 1 is 1.50 bits per heavy atom. The van der Waals surface area contributed by atoms with Crippen LogP contribution in [0.2, 0.25) is 0 Å². The molecule has 0 saturated heterocycles. The molecule has 1 aromatic rings. The van der Waals surface area contributed by atoms with Crippen LogP contribution in [0.1, 0.15) is 55.8 Å². The molecule has 3 atom stereocenters. The Kier molecular flexibility index (Phi) is 4.33. The van der Waals surface area contributed by atoms with Gasteiger partial charge in [-0.3, -0.25) is 10.1 Å². The first kappa shape index (κ1) is 14.9. The third kappa shape index (κ3) is 2.66. The van der Waals surface area contributed by atoms with Crippen LogP contribution in [0, 0.1) is 6.92 Å². The highest BCUT2D eigenvalue weighted by molar-refractivity contribution is 5.75. The molecule has 0 heterocycles. The van der Waals surface area contributed by atoms with Crippen LogP contribution < -0.4 is 5.32 Å². The third-order valence-corrected chi connectivity index (χ3v) is 4.00. The lowest BCUT2D eigenvalue weighted by Gasteiger charge is -2.20.